The third-order valence-electron chi connectivity index (χ3n) is 3.71. The molecular formula is C15H25N5O4. The van der Waals surface area contributed by atoms with Crippen LogP contribution in [0.4, 0.5) is 5.82 Å². The van der Waals surface area contributed by atoms with Gasteiger partial charge in [-0.15, -0.1) is 0 Å². The highest BCUT2D eigenvalue weighted by atomic mass is 16.5. The molecule has 2 rings (SSSR count). The van der Waals surface area contributed by atoms with Crippen LogP contribution in [0.1, 0.15) is 38.6 Å². The number of hydrogen-bond acceptors (Lipinski definition) is 8. The van der Waals surface area contributed by atoms with E-state index in [4.69, 9.17) is 10.5 Å². The number of aliphatic hydroxyl groups is 2. The summed E-state index contributed by atoms with van der Waals surface area (Å²) >= 11 is 0. The van der Waals surface area contributed by atoms with Crippen molar-refractivity contribution in [1.82, 2.24) is 9.55 Å². The van der Waals surface area contributed by atoms with Crippen LogP contribution in [0.3, 0.4) is 0 Å². The van der Waals surface area contributed by atoms with Gasteiger partial charge in [0.15, 0.2) is 12.2 Å². The van der Waals surface area contributed by atoms with Gasteiger partial charge < -0.3 is 30.6 Å². The van der Waals surface area contributed by atoms with Gasteiger partial charge in [0.1, 0.15) is 11.5 Å². The normalized spacial score (nSPS) is 17.9. The minimum Gasteiger partial charge on any atom is -0.465 e. The predicted octanol–water partition coefficient (Wildman–Crippen LogP) is 0.202. The molecule has 0 spiro atoms. The Labute approximate surface area is 140 Å². The minimum atomic E-state index is -1.08. The van der Waals surface area contributed by atoms with Gasteiger partial charge in [0.25, 0.3) is 0 Å². The van der Waals surface area contributed by atoms with Gasteiger partial charge >= 0.3 is 5.97 Å². The monoisotopic (exact) mass is 339 g/mol. The molecule has 9 nitrogen and oxygen atoms in total. The van der Waals surface area contributed by atoms with Crippen LogP contribution >= 0.6 is 0 Å². The lowest BCUT2D eigenvalue weighted by atomic mass is 10.1. The van der Waals surface area contributed by atoms with Gasteiger partial charge in [-0.1, -0.05) is 13.8 Å². The number of carbonyl (C=O) groups is 1. The Morgan fingerprint density at radius 3 is 2.96 bits per heavy atom. The number of aryl methyl sites for hydroxylation is 1. The first-order chi connectivity index (χ1) is 11.4. The van der Waals surface area contributed by atoms with Gasteiger partial charge in [0.05, 0.1) is 12.9 Å². The molecular weight excluding hydrogens is 314 g/mol. The number of esters is 1. The van der Waals surface area contributed by atoms with Crippen molar-refractivity contribution < 1.29 is 19.7 Å². The number of nitrogens with zero attached hydrogens (tertiary/aromatic N) is 3. The molecule has 1 aromatic heterocycles. The number of nitrogens with two attached hydrogens (primary N) is 1. The third kappa shape index (κ3) is 4.68. The highest BCUT2D eigenvalue weighted by Crippen LogP contribution is 2.26. The molecule has 134 valence electrons. The van der Waals surface area contributed by atoms with E-state index >= 15 is 0 Å². The fourth-order valence-corrected chi connectivity index (χ4v) is 2.39. The fraction of sp³-hybridized carbons (Fsp3) is 0.667. The van der Waals surface area contributed by atoms with Gasteiger partial charge in [-0.3, -0.25) is 4.79 Å². The lowest BCUT2D eigenvalue weighted by Gasteiger charge is -2.19. The standard InChI is InChI=1S/C15H25N5O4/c1-9(2)5-11(22)24-7-10(6-21)3-4-20-8-17-12-13(20)18-15(16)19-14(12)23/h8-10,14,21,23H,3-7H2,1-2H3,(H3,16,18,19). The van der Waals surface area contributed by atoms with Gasteiger partial charge in [-0.2, -0.15) is 0 Å². The fourth-order valence-electron chi connectivity index (χ4n) is 2.39. The van der Waals surface area contributed by atoms with E-state index in [1.54, 1.807) is 10.9 Å². The summed E-state index contributed by atoms with van der Waals surface area (Å²) < 4.78 is 6.99. The van der Waals surface area contributed by atoms with Gasteiger partial charge in [0.2, 0.25) is 0 Å². The Morgan fingerprint density at radius 1 is 1.54 bits per heavy atom. The molecule has 9 heteroatoms. The molecule has 1 aliphatic rings. The van der Waals surface area contributed by atoms with E-state index in [1.165, 1.54) is 0 Å². The van der Waals surface area contributed by atoms with Crippen molar-refractivity contribution in [1.29, 1.82) is 0 Å². The van der Waals surface area contributed by atoms with Crippen molar-refractivity contribution in [2.24, 2.45) is 22.6 Å². The first-order valence-corrected chi connectivity index (χ1v) is 8.00. The summed E-state index contributed by atoms with van der Waals surface area (Å²) in [7, 11) is 0. The molecule has 2 atom stereocenters. The van der Waals surface area contributed by atoms with E-state index in [0.29, 0.717) is 30.9 Å². The molecule has 2 unspecified atom stereocenters. The Balaban J connectivity index is 1.87. The average molecular weight is 339 g/mol. The quantitative estimate of drug-likeness (QED) is 0.497. The maximum Gasteiger partial charge on any atom is 0.306 e. The second kappa shape index (κ2) is 8.11. The zero-order valence-corrected chi connectivity index (χ0v) is 14.0. The molecule has 0 amide bonds. The molecule has 0 bridgehead atoms. The van der Waals surface area contributed by atoms with Crippen molar-refractivity contribution in [2.45, 2.75) is 39.5 Å². The molecule has 1 aromatic rings. The zero-order chi connectivity index (χ0) is 17.7. The molecule has 5 N–H and O–H groups in total. The number of hydrogen-bond donors (Lipinski definition) is 4. The van der Waals surface area contributed by atoms with Crippen LogP contribution in [-0.4, -0.2) is 44.9 Å². The van der Waals surface area contributed by atoms with Gasteiger partial charge in [-0.25, -0.2) is 9.98 Å². The number of ether oxygens (including phenoxy) is 1. The molecule has 0 aliphatic carbocycles. The van der Waals surface area contributed by atoms with Crippen molar-refractivity contribution in [3.63, 3.8) is 0 Å². The lowest BCUT2D eigenvalue weighted by molar-refractivity contribution is -0.146. The molecule has 2 heterocycles. The van der Waals surface area contributed by atoms with E-state index in [-0.39, 0.29) is 37.0 Å². The minimum absolute atomic E-state index is 0.0779. The number of imidazole rings is 1. The summed E-state index contributed by atoms with van der Waals surface area (Å²) in [5, 5.41) is 22.1. The van der Waals surface area contributed by atoms with Crippen molar-refractivity contribution >= 4 is 17.7 Å². The Bertz CT molecular complexity index is 599. The van der Waals surface area contributed by atoms with Gasteiger partial charge in [0, 0.05) is 25.5 Å². The summed E-state index contributed by atoms with van der Waals surface area (Å²) in [6.45, 7) is 4.53. The third-order valence-corrected chi connectivity index (χ3v) is 3.71. The average Bonchev–Trinajstić information content (AvgIpc) is 2.90. The number of rotatable bonds is 8. The number of carbonyl (C=O) groups excluding carboxylic acids is 1. The number of guanidine groups is 1. The van der Waals surface area contributed by atoms with Crippen LogP contribution in [0.5, 0.6) is 0 Å². The Kier molecular flexibility index (Phi) is 6.16. The zero-order valence-electron chi connectivity index (χ0n) is 14.0. The maximum atomic E-state index is 11.6. The summed E-state index contributed by atoms with van der Waals surface area (Å²) in [5.41, 5.74) is 6.02. The first-order valence-electron chi connectivity index (χ1n) is 8.00. The first kappa shape index (κ1) is 18.2. The van der Waals surface area contributed by atoms with Crippen LogP contribution in [0.15, 0.2) is 11.3 Å². The van der Waals surface area contributed by atoms with Crippen LogP contribution in [-0.2, 0) is 16.1 Å². The SMILES string of the molecule is CC(C)CC(=O)OCC(CO)CCn1cnc2c1NC(N)=NC2O. The number of aliphatic hydroxyl groups excluding tert-OH is 2. The predicted molar refractivity (Wildman–Crippen MR) is 88.0 cm³/mol. The number of anilines is 1. The van der Waals surface area contributed by atoms with Crippen LogP contribution in [0, 0.1) is 11.8 Å². The van der Waals surface area contributed by atoms with Crippen molar-refractivity contribution in [3.8, 4) is 0 Å². The molecule has 24 heavy (non-hydrogen) atoms. The molecule has 0 fully saturated rings. The largest absolute Gasteiger partial charge is 0.465 e. The van der Waals surface area contributed by atoms with Crippen LogP contribution in [0.2, 0.25) is 0 Å². The second-order valence-corrected chi connectivity index (χ2v) is 6.30. The van der Waals surface area contributed by atoms with E-state index in [9.17, 15) is 15.0 Å². The summed E-state index contributed by atoms with van der Waals surface area (Å²) in [5.74, 6) is 0.532. The summed E-state index contributed by atoms with van der Waals surface area (Å²) in [6, 6.07) is 0. The van der Waals surface area contributed by atoms with E-state index < -0.39 is 6.23 Å². The second-order valence-electron chi connectivity index (χ2n) is 6.30. The highest BCUT2D eigenvalue weighted by Gasteiger charge is 2.23. The Hall–Kier alpha value is -2.13. The summed E-state index contributed by atoms with van der Waals surface area (Å²) in [6.07, 6.45) is 1.46. The molecule has 0 saturated carbocycles. The lowest BCUT2D eigenvalue weighted by Crippen LogP contribution is -2.29. The topological polar surface area (TPSA) is 135 Å². The van der Waals surface area contributed by atoms with E-state index in [2.05, 4.69) is 15.3 Å². The molecule has 1 aliphatic heterocycles. The van der Waals surface area contributed by atoms with Crippen molar-refractivity contribution in [3.05, 3.63) is 12.0 Å². The van der Waals surface area contributed by atoms with E-state index in [1.807, 2.05) is 13.8 Å². The number of fused-ring (bicyclic) bond motifs is 1. The highest BCUT2D eigenvalue weighted by molar-refractivity contribution is 5.93. The maximum absolute atomic E-state index is 11.6. The summed E-state index contributed by atoms with van der Waals surface area (Å²) in [4.78, 5) is 19.5. The van der Waals surface area contributed by atoms with Gasteiger partial charge in [-0.05, 0) is 12.3 Å². The smallest absolute Gasteiger partial charge is 0.306 e. The van der Waals surface area contributed by atoms with Crippen molar-refractivity contribution in [2.75, 3.05) is 18.5 Å². The number of aliphatic imine (C=N–C) groups is 1. The van der Waals surface area contributed by atoms with Crippen LogP contribution < -0.4 is 11.1 Å². The van der Waals surface area contributed by atoms with E-state index in [0.717, 1.165) is 0 Å². The Morgan fingerprint density at radius 2 is 2.29 bits per heavy atom. The molecule has 0 radical (unpaired) electrons. The van der Waals surface area contributed by atoms with Crippen LogP contribution in [0.25, 0.3) is 0 Å². The molecule has 0 saturated heterocycles. The number of nitrogens with one attached hydrogen (secondary N) is 1. The number of aromatic nitrogens is 2. The molecule has 0 aromatic carbocycles.